The van der Waals surface area contributed by atoms with Gasteiger partial charge in [0.1, 0.15) is 0 Å². The van der Waals surface area contributed by atoms with Gasteiger partial charge in [-0.15, -0.1) is 0 Å². The molecule has 0 bridgehead atoms. The van der Waals surface area contributed by atoms with Gasteiger partial charge in [-0.1, -0.05) is 6.92 Å². The molecule has 0 saturated carbocycles. The summed E-state index contributed by atoms with van der Waals surface area (Å²) in [7, 11) is 0. The molecule has 1 aliphatic heterocycles. The molecule has 2 atom stereocenters. The molecular formula is C9H17F3N2. The largest absolute Gasteiger partial charge is 0.390 e. The molecule has 0 amide bonds. The van der Waals surface area contributed by atoms with Gasteiger partial charge in [-0.25, -0.2) is 0 Å². The number of nitrogens with two attached hydrogens (primary N) is 1. The molecule has 5 heteroatoms. The third-order valence-corrected chi connectivity index (χ3v) is 2.77. The van der Waals surface area contributed by atoms with Crippen LogP contribution in [0.15, 0.2) is 0 Å². The van der Waals surface area contributed by atoms with E-state index in [2.05, 4.69) is 0 Å². The van der Waals surface area contributed by atoms with Crippen molar-refractivity contribution in [2.75, 3.05) is 19.6 Å². The van der Waals surface area contributed by atoms with Gasteiger partial charge in [0.15, 0.2) is 0 Å². The van der Waals surface area contributed by atoms with E-state index < -0.39 is 12.6 Å². The van der Waals surface area contributed by atoms with Crippen LogP contribution in [0, 0.1) is 5.92 Å². The van der Waals surface area contributed by atoms with Gasteiger partial charge in [-0.05, 0) is 18.9 Å². The molecule has 1 heterocycles. The molecule has 1 aliphatic rings. The predicted octanol–water partition coefficient (Wildman–Crippen LogP) is 1.61. The van der Waals surface area contributed by atoms with Crippen molar-refractivity contribution in [2.24, 2.45) is 11.7 Å². The van der Waals surface area contributed by atoms with Gasteiger partial charge in [0.25, 0.3) is 0 Å². The van der Waals surface area contributed by atoms with Crippen LogP contribution in [0.4, 0.5) is 13.2 Å². The Morgan fingerprint density at radius 3 is 2.57 bits per heavy atom. The summed E-state index contributed by atoms with van der Waals surface area (Å²) >= 11 is 0. The third kappa shape index (κ3) is 3.84. The van der Waals surface area contributed by atoms with Crippen LogP contribution in [0.5, 0.6) is 0 Å². The summed E-state index contributed by atoms with van der Waals surface area (Å²) in [5.74, 6) is 0.303. The van der Waals surface area contributed by atoms with E-state index in [1.54, 1.807) is 0 Å². The van der Waals surface area contributed by atoms with Gasteiger partial charge in [-0.3, -0.25) is 0 Å². The van der Waals surface area contributed by atoms with Crippen molar-refractivity contribution < 1.29 is 13.2 Å². The summed E-state index contributed by atoms with van der Waals surface area (Å²) in [4.78, 5) is 1.85. The molecule has 14 heavy (non-hydrogen) atoms. The highest BCUT2D eigenvalue weighted by Gasteiger charge is 2.30. The molecule has 2 unspecified atom stereocenters. The molecule has 2 nitrogen and oxygen atoms in total. The van der Waals surface area contributed by atoms with E-state index in [0.717, 1.165) is 6.42 Å². The minimum Gasteiger partial charge on any atom is -0.327 e. The van der Waals surface area contributed by atoms with Crippen molar-refractivity contribution in [3.63, 3.8) is 0 Å². The van der Waals surface area contributed by atoms with Crippen LogP contribution in [-0.4, -0.2) is 36.8 Å². The van der Waals surface area contributed by atoms with Gasteiger partial charge < -0.3 is 10.6 Å². The Morgan fingerprint density at radius 2 is 2.07 bits per heavy atom. The molecule has 2 N–H and O–H groups in total. The second-order valence-electron chi connectivity index (χ2n) is 4.10. The Balaban J connectivity index is 2.27. The van der Waals surface area contributed by atoms with Gasteiger partial charge >= 0.3 is 6.18 Å². The van der Waals surface area contributed by atoms with Crippen LogP contribution < -0.4 is 5.73 Å². The summed E-state index contributed by atoms with van der Waals surface area (Å²) in [6.07, 6.45) is -3.95. The molecule has 0 aromatic carbocycles. The molecule has 0 spiro atoms. The summed E-state index contributed by atoms with van der Waals surface area (Å²) in [6.45, 7) is 3.49. The fraction of sp³-hybridized carbons (Fsp3) is 1.00. The van der Waals surface area contributed by atoms with E-state index >= 15 is 0 Å². The number of halogens is 3. The maximum absolute atomic E-state index is 11.9. The van der Waals surface area contributed by atoms with Crippen molar-refractivity contribution in [1.82, 2.24) is 4.90 Å². The number of piperidine rings is 1. The third-order valence-electron chi connectivity index (χ3n) is 2.77. The standard InChI is InChI=1S/C9H17F3N2/c1-7-6-14(4-2-8(7)13)5-3-9(10,11)12/h7-8H,2-6,13H2,1H3. The molecule has 84 valence electrons. The first-order valence-corrected chi connectivity index (χ1v) is 4.93. The maximum Gasteiger partial charge on any atom is 0.390 e. The fourth-order valence-electron chi connectivity index (χ4n) is 1.74. The summed E-state index contributed by atoms with van der Waals surface area (Å²) in [5, 5.41) is 0. The SMILES string of the molecule is CC1CN(CCC(F)(F)F)CCC1N. The first-order valence-electron chi connectivity index (χ1n) is 4.93. The van der Waals surface area contributed by atoms with E-state index in [0.29, 0.717) is 19.0 Å². The lowest BCUT2D eigenvalue weighted by Crippen LogP contribution is -2.46. The fourth-order valence-corrected chi connectivity index (χ4v) is 1.74. The van der Waals surface area contributed by atoms with Crippen LogP contribution in [-0.2, 0) is 0 Å². The minimum atomic E-state index is -4.04. The molecule has 1 fully saturated rings. The van der Waals surface area contributed by atoms with Crippen LogP contribution in [0.2, 0.25) is 0 Å². The number of nitrogens with zero attached hydrogens (tertiary/aromatic N) is 1. The topological polar surface area (TPSA) is 29.3 Å². The van der Waals surface area contributed by atoms with E-state index in [9.17, 15) is 13.2 Å². The van der Waals surface area contributed by atoms with Gasteiger partial charge in [-0.2, -0.15) is 13.2 Å². The highest BCUT2D eigenvalue weighted by atomic mass is 19.4. The number of hydrogen-bond acceptors (Lipinski definition) is 2. The normalized spacial score (nSPS) is 30.6. The molecule has 0 aromatic heterocycles. The van der Waals surface area contributed by atoms with E-state index in [4.69, 9.17) is 5.73 Å². The lowest BCUT2D eigenvalue weighted by molar-refractivity contribution is -0.138. The van der Waals surface area contributed by atoms with Crippen molar-refractivity contribution in [1.29, 1.82) is 0 Å². The number of hydrogen-bond donors (Lipinski definition) is 1. The molecule has 0 aromatic rings. The molecule has 0 aliphatic carbocycles. The quantitative estimate of drug-likeness (QED) is 0.750. The zero-order valence-electron chi connectivity index (χ0n) is 8.35. The monoisotopic (exact) mass is 210 g/mol. The summed E-state index contributed by atoms with van der Waals surface area (Å²) < 4.78 is 35.8. The number of likely N-dealkylation sites (tertiary alicyclic amines) is 1. The lowest BCUT2D eigenvalue weighted by Gasteiger charge is -2.35. The molecule has 1 rings (SSSR count). The Morgan fingerprint density at radius 1 is 1.43 bits per heavy atom. The van der Waals surface area contributed by atoms with Crippen LogP contribution >= 0.6 is 0 Å². The average Bonchev–Trinajstić information content (AvgIpc) is 2.06. The van der Waals surface area contributed by atoms with E-state index in [-0.39, 0.29) is 12.6 Å². The number of rotatable bonds is 2. The Bertz CT molecular complexity index is 181. The smallest absolute Gasteiger partial charge is 0.327 e. The Kier molecular flexibility index (Phi) is 3.78. The first-order chi connectivity index (χ1) is 6.38. The zero-order chi connectivity index (χ0) is 10.8. The number of alkyl halides is 3. The Hall–Kier alpha value is -0.290. The maximum atomic E-state index is 11.9. The highest BCUT2D eigenvalue weighted by molar-refractivity contribution is 4.80. The van der Waals surface area contributed by atoms with Gasteiger partial charge in [0.2, 0.25) is 0 Å². The second-order valence-corrected chi connectivity index (χ2v) is 4.10. The molecule has 0 radical (unpaired) electrons. The second kappa shape index (κ2) is 4.49. The Labute approximate surface area is 82.2 Å². The average molecular weight is 210 g/mol. The van der Waals surface area contributed by atoms with E-state index in [1.165, 1.54) is 0 Å². The van der Waals surface area contributed by atoms with Crippen LogP contribution in [0.25, 0.3) is 0 Å². The van der Waals surface area contributed by atoms with Crippen LogP contribution in [0.1, 0.15) is 19.8 Å². The van der Waals surface area contributed by atoms with Crippen molar-refractivity contribution >= 4 is 0 Å². The summed E-state index contributed by atoms with van der Waals surface area (Å²) in [6, 6.07) is 0.150. The van der Waals surface area contributed by atoms with Gasteiger partial charge in [0.05, 0.1) is 6.42 Å². The molecule has 1 saturated heterocycles. The van der Waals surface area contributed by atoms with Gasteiger partial charge in [0, 0.05) is 19.1 Å². The summed E-state index contributed by atoms with van der Waals surface area (Å²) in [5.41, 5.74) is 5.77. The van der Waals surface area contributed by atoms with Crippen LogP contribution in [0.3, 0.4) is 0 Å². The first kappa shape index (κ1) is 11.8. The zero-order valence-corrected chi connectivity index (χ0v) is 8.35. The van der Waals surface area contributed by atoms with E-state index in [1.807, 2.05) is 11.8 Å². The predicted molar refractivity (Wildman–Crippen MR) is 48.9 cm³/mol. The molecular weight excluding hydrogens is 193 g/mol. The van der Waals surface area contributed by atoms with Crippen molar-refractivity contribution in [2.45, 2.75) is 32.0 Å². The van der Waals surface area contributed by atoms with Crippen molar-refractivity contribution in [3.05, 3.63) is 0 Å². The highest BCUT2D eigenvalue weighted by Crippen LogP contribution is 2.22. The minimum absolute atomic E-state index is 0.112. The lowest BCUT2D eigenvalue weighted by atomic mass is 9.95. The van der Waals surface area contributed by atoms with Crippen molar-refractivity contribution in [3.8, 4) is 0 Å².